The van der Waals surface area contributed by atoms with E-state index in [0.29, 0.717) is 6.42 Å². The second-order valence-corrected chi connectivity index (χ2v) is 5.06. The first-order valence-electron chi connectivity index (χ1n) is 6.61. The molecule has 0 atom stereocenters. The van der Waals surface area contributed by atoms with E-state index < -0.39 is 11.5 Å². The number of rotatable bonds is 8. The van der Waals surface area contributed by atoms with Crippen LogP contribution in [-0.2, 0) is 9.59 Å². The Labute approximate surface area is 103 Å². The van der Waals surface area contributed by atoms with Crippen LogP contribution < -0.4 is 5.32 Å². The number of aliphatic carboxylic acids is 1. The standard InChI is InChI=1S/C13H23NO3/c1-2-3-4-5-7-11(15)14-13(8-6-9-13)10-12(16)17/h2-10H2,1H3,(H,14,15)(H,16,17). The topological polar surface area (TPSA) is 66.4 Å². The predicted molar refractivity (Wildman–Crippen MR) is 65.7 cm³/mol. The van der Waals surface area contributed by atoms with Crippen LogP contribution in [0.4, 0.5) is 0 Å². The van der Waals surface area contributed by atoms with E-state index >= 15 is 0 Å². The highest BCUT2D eigenvalue weighted by Crippen LogP contribution is 2.35. The second kappa shape index (κ2) is 6.62. The molecule has 1 aliphatic rings. The van der Waals surface area contributed by atoms with Crippen molar-refractivity contribution in [3.05, 3.63) is 0 Å². The molecule has 0 aromatic heterocycles. The minimum absolute atomic E-state index is 0.0158. The number of carbonyl (C=O) groups excluding carboxylic acids is 1. The Morgan fingerprint density at radius 1 is 1.24 bits per heavy atom. The predicted octanol–water partition coefficient (Wildman–Crippen LogP) is 2.47. The summed E-state index contributed by atoms with van der Waals surface area (Å²) in [6.45, 7) is 2.14. The molecule has 1 saturated carbocycles. The summed E-state index contributed by atoms with van der Waals surface area (Å²) in [5, 5.41) is 11.7. The van der Waals surface area contributed by atoms with Crippen LogP contribution >= 0.6 is 0 Å². The van der Waals surface area contributed by atoms with Crippen molar-refractivity contribution in [2.24, 2.45) is 0 Å². The van der Waals surface area contributed by atoms with E-state index in [0.717, 1.165) is 44.9 Å². The first-order valence-corrected chi connectivity index (χ1v) is 6.61. The highest BCUT2D eigenvalue weighted by atomic mass is 16.4. The van der Waals surface area contributed by atoms with Crippen LogP contribution in [0.25, 0.3) is 0 Å². The van der Waals surface area contributed by atoms with E-state index in [1.165, 1.54) is 0 Å². The fraction of sp³-hybridized carbons (Fsp3) is 0.846. The molecule has 1 rings (SSSR count). The van der Waals surface area contributed by atoms with E-state index in [2.05, 4.69) is 12.2 Å². The van der Waals surface area contributed by atoms with Gasteiger partial charge in [0.05, 0.1) is 12.0 Å². The Morgan fingerprint density at radius 3 is 2.41 bits per heavy atom. The Hall–Kier alpha value is -1.06. The molecule has 1 amide bonds. The summed E-state index contributed by atoms with van der Waals surface area (Å²) in [7, 11) is 0. The third-order valence-electron chi connectivity index (χ3n) is 3.46. The zero-order valence-electron chi connectivity index (χ0n) is 10.6. The van der Waals surface area contributed by atoms with Crippen LogP contribution in [0.3, 0.4) is 0 Å². The molecular weight excluding hydrogens is 218 g/mol. The van der Waals surface area contributed by atoms with E-state index in [9.17, 15) is 9.59 Å². The normalized spacial score (nSPS) is 17.2. The maximum Gasteiger partial charge on any atom is 0.305 e. The molecule has 4 heteroatoms. The molecule has 0 bridgehead atoms. The molecule has 2 N–H and O–H groups in total. The van der Waals surface area contributed by atoms with Crippen molar-refractivity contribution in [3.8, 4) is 0 Å². The number of amides is 1. The summed E-state index contributed by atoms with van der Waals surface area (Å²) in [4.78, 5) is 22.4. The molecule has 0 saturated heterocycles. The van der Waals surface area contributed by atoms with E-state index in [4.69, 9.17) is 5.11 Å². The Morgan fingerprint density at radius 2 is 1.94 bits per heavy atom. The average molecular weight is 241 g/mol. The van der Waals surface area contributed by atoms with Crippen molar-refractivity contribution >= 4 is 11.9 Å². The SMILES string of the molecule is CCCCCCC(=O)NC1(CC(=O)O)CCC1. The second-order valence-electron chi connectivity index (χ2n) is 5.06. The van der Waals surface area contributed by atoms with Crippen LogP contribution in [-0.4, -0.2) is 22.5 Å². The fourth-order valence-electron chi connectivity index (χ4n) is 2.31. The van der Waals surface area contributed by atoms with Gasteiger partial charge in [-0.05, 0) is 25.7 Å². The summed E-state index contributed by atoms with van der Waals surface area (Å²) >= 11 is 0. The van der Waals surface area contributed by atoms with Gasteiger partial charge in [0.1, 0.15) is 0 Å². The first-order chi connectivity index (χ1) is 8.08. The maximum atomic E-state index is 11.7. The van der Waals surface area contributed by atoms with Gasteiger partial charge in [-0.1, -0.05) is 26.2 Å². The summed E-state index contributed by atoms with van der Waals surface area (Å²) in [5.74, 6) is -0.807. The third kappa shape index (κ3) is 4.75. The lowest BCUT2D eigenvalue weighted by molar-refractivity contribution is -0.140. The van der Waals surface area contributed by atoms with Crippen molar-refractivity contribution in [1.82, 2.24) is 5.32 Å². The molecule has 17 heavy (non-hydrogen) atoms. The number of carboxylic acids is 1. The van der Waals surface area contributed by atoms with E-state index in [1.54, 1.807) is 0 Å². The van der Waals surface area contributed by atoms with E-state index in [-0.39, 0.29) is 12.3 Å². The number of hydrogen-bond donors (Lipinski definition) is 2. The lowest BCUT2D eigenvalue weighted by Gasteiger charge is -2.41. The van der Waals surface area contributed by atoms with Gasteiger partial charge in [0.2, 0.25) is 5.91 Å². The lowest BCUT2D eigenvalue weighted by atomic mass is 9.74. The smallest absolute Gasteiger partial charge is 0.305 e. The van der Waals surface area contributed by atoms with Gasteiger partial charge in [-0.3, -0.25) is 9.59 Å². The number of nitrogens with one attached hydrogen (secondary N) is 1. The minimum Gasteiger partial charge on any atom is -0.481 e. The fourth-order valence-corrected chi connectivity index (χ4v) is 2.31. The molecule has 1 aliphatic carbocycles. The van der Waals surface area contributed by atoms with Crippen molar-refractivity contribution in [2.75, 3.05) is 0 Å². The van der Waals surface area contributed by atoms with Gasteiger partial charge in [-0.2, -0.15) is 0 Å². The Kier molecular flexibility index (Phi) is 5.45. The van der Waals surface area contributed by atoms with Crippen LogP contribution in [0.2, 0.25) is 0 Å². The molecule has 0 aliphatic heterocycles. The zero-order valence-corrected chi connectivity index (χ0v) is 10.6. The molecule has 0 unspecified atom stereocenters. The summed E-state index contributed by atoms with van der Waals surface area (Å²) in [5.41, 5.74) is -0.437. The molecule has 4 nitrogen and oxygen atoms in total. The van der Waals surface area contributed by atoms with Crippen LogP contribution in [0.5, 0.6) is 0 Å². The van der Waals surface area contributed by atoms with Gasteiger partial charge in [0.25, 0.3) is 0 Å². The van der Waals surface area contributed by atoms with E-state index in [1.807, 2.05) is 0 Å². The maximum absolute atomic E-state index is 11.7. The third-order valence-corrected chi connectivity index (χ3v) is 3.46. The number of carboxylic acid groups (broad SMARTS) is 1. The minimum atomic E-state index is -0.823. The van der Waals surface area contributed by atoms with Crippen molar-refractivity contribution in [3.63, 3.8) is 0 Å². The molecule has 0 spiro atoms. The van der Waals surface area contributed by atoms with Crippen LogP contribution in [0.15, 0.2) is 0 Å². The lowest BCUT2D eigenvalue weighted by Crippen LogP contribution is -2.54. The quantitative estimate of drug-likeness (QED) is 0.641. The largest absolute Gasteiger partial charge is 0.481 e. The van der Waals surface area contributed by atoms with Gasteiger partial charge in [0, 0.05) is 6.42 Å². The molecule has 0 aromatic carbocycles. The Bertz CT molecular complexity index is 272. The van der Waals surface area contributed by atoms with Gasteiger partial charge >= 0.3 is 5.97 Å². The summed E-state index contributed by atoms with van der Waals surface area (Å²) < 4.78 is 0. The molecule has 1 fully saturated rings. The number of hydrogen-bond acceptors (Lipinski definition) is 2. The monoisotopic (exact) mass is 241 g/mol. The molecule has 0 aromatic rings. The van der Waals surface area contributed by atoms with Gasteiger partial charge in [-0.25, -0.2) is 0 Å². The zero-order chi connectivity index (χ0) is 12.7. The highest BCUT2D eigenvalue weighted by molar-refractivity contribution is 5.78. The van der Waals surface area contributed by atoms with Gasteiger partial charge in [0.15, 0.2) is 0 Å². The average Bonchev–Trinajstić information content (AvgIpc) is 2.20. The number of unbranched alkanes of at least 4 members (excludes halogenated alkanes) is 3. The highest BCUT2D eigenvalue weighted by Gasteiger charge is 2.40. The van der Waals surface area contributed by atoms with Gasteiger partial charge in [-0.15, -0.1) is 0 Å². The molecular formula is C13H23NO3. The van der Waals surface area contributed by atoms with Crippen molar-refractivity contribution < 1.29 is 14.7 Å². The van der Waals surface area contributed by atoms with Crippen LogP contribution in [0.1, 0.15) is 64.7 Å². The molecule has 0 radical (unpaired) electrons. The van der Waals surface area contributed by atoms with Gasteiger partial charge < -0.3 is 10.4 Å². The van der Waals surface area contributed by atoms with Crippen molar-refractivity contribution in [1.29, 1.82) is 0 Å². The Balaban J connectivity index is 2.25. The van der Waals surface area contributed by atoms with Crippen LogP contribution in [0, 0.1) is 0 Å². The summed E-state index contributed by atoms with van der Waals surface area (Å²) in [6.07, 6.45) is 7.52. The number of carbonyl (C=O) groups is 2. The molecule has 98 valence electrons. The van der Waals surface area contributed by atoms with Crippen molar-refractivity contribution in [2.45, 2.75) is 70.3 Å². The molecule has 0 heterocycles. The summed E-state index contributed by atoms with van der Waals surface area (Å²) in [6, 6.07) is 0. The first kappa shape index (κ1) is 14.0.